The minimum absolute atomic E-state index is 0.000972. The summed E-state index contributed by atoms with van der Waals surface area (Å²) in [5.41, 5.74) is 0.000972. The van der Waals surface area contributed by atoms with Gasteiger partial charge in [0.25, 0.3) is 5.69 Å². The molecule has 0 aliphatic heterocycles. The van der Waals surface area contributed by atoms with E-state index < -0.39 is 4.92 Å². The summed E-state index contributed by atoms with van der Waals surface area (Å²) in [5.74, 6) is 1.27. The van der Waals surface area contributed by atoms with E-state index >= 15 is 0 Å². The fraction of sp³-hybridized carbons (Fsp3) is 0.615. The first kappa shape index (κ1) is 16.2. The number of aliphatic hydroxyl groups is 1. The maximum absolute atomic E-state index is 10.9. The Morgan fingerprint density at radius 1 is 1.40 bits per heavy atom. The standard InChI is InChI=1S/C13H22N4O3/c1-3-4-10(5-6-18)9-15-13-8-11(17(19)20)7-12(14-2)16-13/h7-8,10,18H,3-6,9H2,1-2H3,(H2,14,15,16). The van der Waals surface area contributed by atoms with Gasteiger partial charge in [-0.1, -0.05) is 13.3 Å². The number of aliphatic hydroxyl groups excluding tert-OH is 1. The molecule has 0 aromatic carbocycles. The monoisotopic (exact) mass is 282 g/mol. The van der Waals surface area contributed by atoms with Crippen LogP contribution in [0.25, 0.3) is 0 Å². The van der Waals surface area contributed by atoms with Gasteiger partial charge in [-0.15, -0.1) is 0 Å². The van der Waals surface area contributed by atoms with Crippen molar-refractivity contribution in [3.05, 3.63) is 22.2 Å². The number of nitrogens with one attached hydrogen (secondary N) is 2. The van der Waals surface area contributed by atoms with Gasteiger partial charge < -0.3 is 15.7 Å². The first-order valence-corrected chi connectivity index (χ1v) is 6.79. The molecule has 1 rings (SSSR count). The van der Waals surface area contributed by atoms with Crippen LogP contribution in [0.2, 0.25) is 0 Å². The van der Waals surface area contributed by atoms with Crippen LogP contribution in [0.1, 0.15) is 26.2 Å². The minimum atomic E-state index is -0.440. The number of nitro groups is 1. The summed E-state index contributed by atoms with van der Waals surface area (Å²) in [6, 6.07) is 2.81. The zero-order valence-electron chi connectivity index (χ0n) is 11.9. The lowest BCUT2D eigenvalue weighted by atomic mass is 10.0. The van der Waals surface area contributed by atoms with Crippen LogP contribution in [0.5, 0.6) is 0 Å². The van der Waals surface area contributed by atoms with Crippen LogP contribution in [0.15, 0.2) is 12.1 Å². The fourth-order valence-electron chi connectivity index (χ4n) is 2.03. The maximum Gasteiger partial charge on any atom is 0.276 e. The number of hydrogen-bond acceptors (Lipinski definition) is 6. The third kappa shape index (κ3) is 5.00. The van der Waals surface area contributed by atoms with E-state index in [2.05, 4.69) is 22.5 Å². The van der Waals surface area contributed by atoms with E-state index in [0.29, 0.717) is 30.5 Å². The molecule has 0 spiro atoms. The number of anilines is 2. The Bertz CT molecular complexity index is 434. The fourth-order valence-corrected chi connectivity index (χ4v) is 2.03. The zero-order valence-corrected chi connectivity index (χ0v) is 11.9. The van der Waals surface area contributed by atoms with Gasteiger partial charge in [0.15, 0.2) is 0 Å². The van der Waals surface area contributed by atoms with Gasteiger partial charge in [0.2, 0.25) is 0 Å². The van der Waals surface area contributed by atoms with E-state index in [9.17, 15) is 10.1 Å². The number of pyridine rings is 1. The second-order valence-corrected chi connectivity index (χ2v) is 4.65. The quantitative estimate of drug-likeness (QED) is 0.474. The van der Waals surface area contributed by atoms with Crippen molar-refractivity contribution in [2.45, 2.75) is 26.2 Å². The molecule has 0 aliphatic rings. The second-order valence-electron chi connectivity index (χ2n) is 4.65. The van der Waals surface area contributed by atoms with Crippen molar-refractivity contribution < 1.29 is 10.0 Å². The third-order valence-electron chi connectivity index (χ3n) is 3.08. The molecule has 20 heavy (non-hydrogen) atoms. The van der Waals surface area contributed by atoms with Gasteiger partial charge in [-0.25, -0.2) is 4.98 Å². The Labute approximate surface area is 118 Å². The predicted molar refractivity (Wildman–Crippen MR) is 79.0 cm³/mol. The van der Waals surface area contributed by atoms with E-state index in [1.165, 1.54) is 12.1 Å². The molecule has 0 fully saturated rings. The van der Waals surface area contributed by atoms with Gasteiger partial charge in [0, 0.05) is 20.2 Å². The van der Waals surface area contributed by atoms with Crippen LogP contribution in [0.3, 0.4) is 0 Å². The summed E-state index contributed by atoms with van der Waals surface area (Å²) in [7, 11) is 1.67. The van der Waals surface area contributed by atoms with Crippen LogP contribution in [0, 0.1) is 16.0 Å². The topological polar surface area (TPSA) is 100 Å². The van der Waals surface area contributed by atoms with Crippen LogP contribution in [-0.4, -0.2) is 35.2 Å². The Balaban J connectivity index is 2.75. The van der Waals surface area contributed by atoms with E-state index in [1.807, 2.05) is 0 Å². The first-order valence-electron chi connectivity index (χ1n) is 6.79. The Kier molecular flexibility index (Phi) is 6.72. The maximum atomic E-state index is 10.9. The SMILES string of the molecule is CCCC(CCO)CNc1cc([N+](=O)[O-])cc(NC)n1. The summed E-state index contributed by atoms with van der Waals surface area (Å²) in [6.45, 7) is 2.89. The Hall–Kier alpha value is -1.89. The molecule has 0 radical (unpaired) electrons. The number of nitrogens with zero attached hydrogens (tertiary/aromatic N) is 2. The molecule has 1 aromatic heterocycles. The van der Waals surface area contributed by atoms with E-state index in [1.54, 1.807) is 7.05 Å². The third-order valence-corrected chi connectivity index (χ3v) is 3.08. The summed E-state index contributed by atoms with van der Waals surface area (Å²) in [5, 5.41) is 25.8. The molecule has 1 atom stereocenters. The molecule has 1 unspecified atom stereocenters. The van der Waals surface area contributed by atoms with Crippen molar-refractivity contribution in [2.75, 3.05) is 30.8 Å². The van der Waals surface area contributed by atoms with Gasteiger partial charge in [-0.2, -0.15) is 0 Å². The number of aromatic nitrogens is 1. The van der Waals surface area contributed by atoms with E-state index in [-0.39, 0.29) is 12.3 Å². The van der Waals surface area contributed by atoms with Gasteiger partial charge >= 0.3 is 0 Å². The molecule has 7 nitrogen and oxygen atoms in total. The highest BCUT2D eigenvalue weighted by Crippen LogP contribution is 2.21. The van der Waals surface area contributed by atoms with Gasteiger partial charge in [0.05, 0.1) is 17.1 Å². The van der Waals surface area contributed by atoms with Crippen LogP contribution in [0.4, 0.5) is 17.3 Å². The van der Waals surface area contributed by atoms with Crippen molar-refractivity contribution in [3.63, 3.8) is 0 Å². The number of hydrogen-bond donors (Lipinski definition) is 3. The normalized spacial score (nSPS) is 11.9. The van der Waals surface area contributed by atoms with Crippen molar-refractivity contribution >= 4 is 17.3 Å². The minimum Gasteiger partial charge on any atom is -0.396 e. The average Bonchev–Trinajstić information content (AvgIpc) is 2.44. The average molecular weight is 282 g/mol. The van der Waals surface area contributed by atoms with Crippen molar-refractivity contribution in [2.24, 2.45) is 5.92 Å². The van der Waals surface area contributed by atoms with Crippen LogP contribution >= 0.6 is 0 Å². The summed E-state index contributed by atoms with van der Waals surface area (Å²) in [6.07, 6.45) is 2.76. The molecule has 0 saturated heterocycles. The molecule has 0 aliphatic carbocycles. The van der Waals surface area contributed by atoms with Gasteiger partial charge in [-0.05, 0) is 18.8 Å². The highest BCUT2D eigenvalue weighted by molar-refractivity contribution is 5.54. The largest absolute Gasteiger partial charge is 0.396 e. The van der Waals surface area contributed by atoms with Crippen LogP contribution in [-0.2, 0) is 0 Å². The lowest BCUT2D eigenvalue weighted by Gasteiger charge is -2.16. The molecular weight excluding hydrogens is 260 g/mol. The molecule has 112 valence electrons. The van der Waals surface area contributed by atoms with Gasteiger partial charge in [-0.3, -0.25) is 10.1 Å². The van der Waals surface area contributed by atoms with Crippen molar-refractivity contribution in [1.29, 1.82) is 0 Å². The number of rotatable bonds is 9. The first-order chi connectivity index (χ1) is 9.60. The Morgan fingerprint density at radius 2 is 2.10 bits per heavy atom. The van der Waals surface area contributed by atoms with Crippen molar-refractivity contribution in [1.82, 2.24) is 4.98 Å². The molecule has 3 N–H and O–H groups in total. The highest BCUT2D eigenvalue weighted by Gasteiger charge is 2.12. The predicted octanol–water partition coefficient (Wildman–Crippen LogP) is 2.24. The summed E-state index contributed by atoms with van der Waals surface area (Å²) >= 11 is 0. The van der Waals surface area contributed by atoms with Crippen molar-refractivity contribution in [3.8, 4) is 0 Å². The highest BCUT2D eigenvalue weighted by atomic mass is 16.6. The molecule has 0 saturated carbocycles. The molecule has 7 heteroatoms. The van der Waals surface area contributed by atoms with Gasteiger partial charge in [0.1, 0.15) is 11.6 Å². The second kappa shape index (κ2) is 8.31. The molecule has 0 bridgehead atoms. The lowest BCUT2D eigenvalue weighted by molar-refractivity contribution is -0.384. The zero-order chi connectivity index (χ0) is 15.0. The Morgan fingerprint density at radius 3 is 2.65 bits per heavy atom. The van der Waals surface area contributed by atoms with E-state index in [0.717, 1.165) is 12.8 Å². The van der Waals surface area contributed by atoms with Crippen LogP contribution < -0.4 is 10.6 Å². The molecule has 1 aromatic rings. The molecule has 1 heterocycles. The smallest absolute Gasteiger partial charge is 0.276 e. The summed E-state index contributed by atoms with van der Waals surface area (Å²) in [4.78, 5) is 14.7. The molecule has 0 amide bonds. The van der Waals surface area contributed by atoms with E-state index in [4.69, 9.17) is 5.11 Å². The summed E-state index contributed by atoms with van der Waals surface area (Å²) < 4.78 is 0. The molecular formula is C13H22N4O3. The lowest BCUT2D eigenvalue weighted by Crippen LogP contribution is -2.16.